The van der Waals surface area contributed by atoms with Gasteiger partial charge in [0, 0.05) is 25.5 Å². The van der Waals surface area contributed by atoms with Crippen molar-refractivity contribution in [1.82, 2.24) is 9.88 Å². The van der Waals surface area contributed by atoms with Gasteiger partial charge in [-0.3, -0.25) is 4.98 Å². The summed E-state index contributed by atoms with van der Waals surface area (Å²) in [6.45, 7) is 2.38. The van der Waals surface area contributed by atoms with Gasteiger partial charge in [-0.25, -0.2) is 0 Å². The molecule has 0 atom stereocenters. The van der Waals surface area contributed by atoms with Crippen LogP contribution in [0.25, 0.3) is 6.08 Å². The number of aromatic nitrogens is 1. The van der Waals surface area contributed by atoms with Gasteiger partial charge in [-0.05, 0) is 37.6 Å². The van der Waals surface area contributed by atoms with Crippen LogP contribution in [0.2, 0.25) is 0 Å². The number of hydrogen-bond acceptors (Lipinski definition) is 2. The van der Waals surface area contributed by atoms with Crippen molar-refractivity contribution in [3.63, 3.8) is 0 Å². The van der Waals surface area contributed by atoms with Gasteiger partial charge in [0.05, 0.1) is 0 Å². The fourth-order valence-electron chi connectivity index (χ4n) is 1.75. The minimum Gasteiger partial charge on any atom is -0.306 e. The van der Waals surface area contributed by atoms with Gasteiger partial charge in [-0.1, -0.05) is 11.6 Å². The average Bonchev–Trinajstić information content (AvgIpc) is 2.23. The van der Waals surface area contributed by atoms with Crippen molar-refractivity contribution in [3.8, 4) is 0 Å². The maximum atomic E-state index is 4.01. The molecule has 2 heteroatoms. The first-order valence-electron chi connectivity index (χ1n) is 5.12. The molecular weight excluding hydrogens is 172 g/mol. The Morgan fingerprint density at radius 2 is 1.86 bits per heavy atom. The van der Waals surface area contributed by atoms with E-state index in [0.29, 0.717) is 0 Å². The van der Waals surface area contributed by atoms with E-state index in [1.54, 1.807) is 5.57 Å². The Kier molecular flexibility index (Phi) is 2.94. The van der Waals surface area contributed by atoms with Crippen LogP contribution in [0.5, 0.6) is 0 Å². The molecule has 1 aliphatic heterocycles. The first-order valence-corrected chi connectivity index (χ1v) is 5.12. The molecule has 2 heterocycles. The Labute approximate surface area is 85.3 Å². The van der Waals surface area contributed by atoms with Crippen molar-refractivity contribution in [2.24, 2.45) is 0 Å². The van der Waals surface area contributed by atoms with Gasteiger partial charge in [-0.15, -0.1) is 0 Å². The minimum atomic E-state index is 1.19. The van der Waals surface area contributed by atoms with Crippen molar-refractivity contribution in [2.45, 2.75) is 12.8 Å². The number of pyridine rings is 1. The van der Waals surface area contributed by atoms with Crippen molar-refractivity contribution >= 4 is 6.08 Å². The van der Waals surface area contributed by atoms with Crippen molar-refractivity contribution in [2.75, 3.05) is 20.1 Å². The Morgan fingerprint density at radius 1 is 1.21 bits per heavy atom. The van der Waals surface area contributed by atoms with E-state index >= 15 is 0 Å². The van der Waals surface area contributed by atoms with E-state index in [4.69, 9.17) is 0 Å². The largest absolute Gasteiger partial charge is 0.306 e. The Morgan fingerprint density at radius 3 is 2.50 bits per heavy atom. The zero-order valence-electron chi connectivity index (χ0n) is 8.61. The van der Waals surface area contributed by atoms with E-state index in [9.17, 15) is 0 Å². The summed E-state index contributed by atoms with van der Waals surface area (Å²) < 4.78 is 0. The molecule has 2 nitrogen and oxygen atoms in total. The van der Waals surface area contributed by atoms with Crippen LogP contribution in [-0.4, -0.2) is 30.0 Å². The first-order chi connectivity index (χ1) is 6.84. The topological polar surface area (TPSA) is 16.1 Å². The molecule has 0 spiro atoms. The number of piperidine rings is 1. The lowest BCUT2D eigenvalue weighted by Gasteiger charge is -2.23. The van der Waals surface area contributed by atoms with E-state index in [1.165, 1.54) is 31.5 Å². The van der Waals surface area contributed by atoms with Crippen LogP contribution < -0.4 is 0 Å². The van der Waals surface area contributed by atoms with E-state index < -0.39 is 0 Å². The third kappa shape index (κ3) is 2.42. The number of rotatable bonds is 1. The highest BCUT2D eigenvalue weighted by Crippen LogP contribution is 2.17. The van der Waals surface area contributed by atoms with E-state index in [1.807, 2.05) is 12.4 Å². The van der Waals surface area contributed by atoms with Crippen LogP contribution in [0.1, 0.15) is 18.4 Å². The second kappa shape index (κ2) is 4.38. The molecule has 0 N–H and O–H groups in total. The predicted octanol–water partition coefficient (Wildman–Crippen LogP) is 2.19. The summed E-state index contributed by atoms with van der Waals surface area (Å²) in [6.07, 6.45) is 8.41. The molecule has 74 valence electrons. The smallest absolute Gasteiger partial charge is 0.0273 e. The van der Waals surface area contributed by atoms with Crippen LogP contribution >= 0.6 is 0 Å². The summed E-state index contributed by atoms with van der Waals surface area (Å²) in [4.78, 5) is 6.39. The summed E-state index contributed by atoms with van der Waals surface area (Å²) in [5, 5.41) is 0. The summed E-state index contributed by atoms with van der Waals surface area (Å²) >= 11 is 0. The van der Waals surface area contributed by atoms with Crippen molar-refractivity contribution in [3.05, 3.63) is 35.7 Å². The zero-order chi connectivity index (χ0) is 9.80. The molecule has 14 heavy (non-hydrogen) atoms. The standard InChI is InChI=1S/C12H16N2/c1-14-8-4-12(5-9-14)10-11-2-6-13-7-3-11/h2-3,6-7,10H,4-5,8-9H2,1H3. The maximum absolute atomic E-state index is 4.01. The molecule has 1 aromatic rings. The van der Waals surface area contributed by atoms with Crippen LogP contribution in [0.3, 0.4) is 0 Å². The third-order valence-electron chi connectivity index (χ3n) is 2.71. The van der Waals surface area contributed by atoms with Gasteiger partial charge in [0.25, 0.3) is 0 Å². The Bertz CT molecular complexity index is 306. The summed E-state index contributed by atoms with van der Waals surface area (Å²) in [6, 6.07) is 4.12. The molecule has 0 bridgehead atoms. The Hall–Kier alpha value is -1.15. The van der Waals surface area contributed by atoms with E-state index in [-0.39, 0.29) is 0 Å². The molecule has 0 radical (unpaired) electrons. The molecule has 1 aromatic heterocycles. The van der Waals surface area contributed by atoms with Crippen LogP contribution in [0, 0.1) is 0 Å². The number of nitrogens with zero attached hydrogens (tertiary/aromatic N) is 2. The molecule has 0 aliphatic carbocycles. The fourth-order valence-corrected chi connectivity index (χ4v) is 1.75. The molecule has 0 unspecified atom stereocenters. The highest BCUT2D eigenvalue weighted by molar-refractivity contribution is 5.52. The molecule has 0 amide bonds. The van der Waals surface area contributed by atoms with Crippen LogP contribution in [-0.2, 0) is 0 Å². The summed E-state index contributed by atoms with van der Waals surface area (Å²) in [5.41, 5.74) is 2.84. The average molecular weight is 188 g/mol. The highest BCUT2D eigenvalue weighted by Gasteiger charge is 2.09. The zero-order valence-corrected chi connectivity index (χ0v) is 8.61. The molecule has 2 rings (SSSR count). The van der Waals surface area contributed by atoms with E-state index in [0.717, 1.165) is 0 Å². The third-order valence-corrected chi connectivity index (χ3v) is 2.71. The minimum absolute atomic E-state index is 1.19. The predicted molar refractivity (Wildman–Crippen MR) is 58.9 cm³/mol. The van der Waals surface area contributed by atoms with Gasteiger partial charge in [-0.2, -0.15) is 0 Å². The molecule has 0 aromatic carbocycles. The maximum Gasteiger partial charge on any atom is 0.0273 e. The van der Waals surface area contributed by atoms with Gasteiger partial charge in [0.2, 0.25) is 0 Å². The number of hydrogen-bond donors (Lipinski definition) is 0. The highest BCUT2D eigenvalue weighted by atomic mass is 15.1. The van der Waals surface area contributed by atoms with Crippen LogP contribution in [0.15, 0.2) is 30.1 Å². The first kappa shape index (κ1) is 9.41. The van der Waals surface area contributed by atoms with Gasteiger partial charge in [0.1, 0.15) is 0 Å². The molecule has 1 saturated heterocycles. The SMILES string of the molecule is CN1CCC(=Cc2ccncc2)CC1. The lowest BCUT2D eigenvalue weighted by atomic mass is 10.0. The van der Waals surface area contributed by atoms with Gasteiger partial charge >= 0.3 is 0 Å². The Balaban J connectivity index is 2.05. The van der Waals surface area contributed by atoms with E-state index in [2.05, 4.69) is 35.1 Å². The molecular formula is C12H16N2. The lowest BCUT2D eigenvalue weighted by Crippen LogP contribution is -2.26. The fraction of sp³-hybridized carbons (Fsp3) is 0.417. The van der Waals surface area contributed by atoms with Gasteiger partial charge < -0.3 is 4.90 Å². The second-order valence-electron chi connectivity index (χ2n) is 3.89. The summed E-state index contributed by atoms with van der Waals surface area (Å²) in [7, 11) is 2.18. The number of likely N-dealkylation sites (tertiary alicyclic amines) is 1. The summed E-state index contributed by atoms with van der Waals surface area (Å²) in [5.74, 6) is 0. The van der Waals surface area contributed by atoms with Gasteiger partial charge in [0.15, 0.2) is 0 Å². The van der Waals surface area contributed by atoms with Crippen molar-refractivity contribution < 1.29 is 0 Å². The second-order valence-corrected chi connectivity index (χ2v) is 3.89. The molecule has 1 fully saturated rings. The monoisotopic (exact) mass is 188 g/mol. The normalized spacial score (nSPS) is 18.2. The lowest BCUT2D eigenvalue weighted by molar-refractivity contribution is 0.313. The van der Waals surface area contributed by atoms with Crippen molar-refractivity contribution in [1.29, 1.82) is 0 Å². The molecule has 1 aliphatic rings. The van der Waals surface area contributed by atoms with Crippen LogP contribution in [0.4, 0.5) is 0 Å². The quantitative estimate of drug-likeness (QED) is 0.671. The molecule has 0 saturated carbocycles.